The highest BCUT2D eigenvalue weighted by molar-refractivity contribution is 6.27. The highest BCUT2D eigenvalue weighted by Gasteiger charge is 2.22. The number of hydrogen-bond acceptors (Lipinski definition) is 1. The van der Waals surface area contributed by atoms with Crippen molar-refractivity contribution in [2.75, 3.05) is 0 Å². The Labute approximate surface area is 281 Å². The maximum atomic E-state index is 9.35. The molecule has 0 amide bonds. The molecular formula is C44H28O. The Kier molecular flexibility index (Phi) is 3.50. The van der Waals surface area contributed by atoms with Crippen LogP contribution in [0.25, 0.3) is 88.0 Å². The van der Waals surface area contributed by atoms with Gasteiger partial charge in [0.15, 0.2) is 0 Å². The summed E-state index contributed by atoms with van der Waals surface area (Å²) >= 11 is 0. The average molecular weight is 587 g/mol. The summed E-state index contributed by atoms with van der Waals surface area (Å²) in [5, 5.41) is 3.66. The van der Waals surface area contributed by atoms with E-state index in [4.69, 9.17) is 22.2 Å². The molecule has 0 radical (unpaired) electrons. The highest BCUT2D eigenvalue weighted by atomic mass is 16.3. The molecule has 0 bridgehead atoms. The molecule has 0 saturated carbocycles. The fraction of sp³-hybridized carbons (Fsp3) is 0. The lowest BCUT2D eigenvalue weighted by atomic mass is 9.83. The van der Waals surface area contributed by atoms with Gasteiger partial charge in [-0.1, -0.05) is 157 Å². The van der Waals surface area contributed by atoms with Crippen LogP contribution in [0.3, 0.4) is 0 Å². The fourth-order valence-electron chi connectivity index (χ4n) is 6.37. The summed E-state index contributed by atoms with van der Waals surface area (Å²) in [5.74, 6) is 0. The summed E-state index contributed by atoms with van der Waals surface area (Å²) in [6.45, 7) is 0. The van der Waals surface area contributed by atoms with Gasteiger partial charge in [0.25, 0.3) is 0 Å². The molecule has 0 N–H and O–H groups in total. The smallest absolute Gasteiger partial charge is 0.143 e. The van der Waals surface area contributed by atoms with Crippen LogP contribution >= 0.6 is 0 Å². The van der Waals surface area contributed by atoms with Crippen LogP contribution in [0.4, 0.5) is 0 Å². The third-order valence-corrected chi connectivity index (χ3v) is 8.18. The van der Waals surface area contributed by atoms with Crippen molar-refractivity contribution in [2.24, 2.45) is 0 Å². The van der Waals surface area contributed by atoms with Crippen molar-refractivity contribution in [3.63, 3.8) is 0 Å². The molecule has 0 fully saturated rings. The zero-order valence-corrected chi connectivity index (χ0v) is 23.5. The minimum atomic E-state index is -0.646. The number of rotatable bonds is 4. The molecule has 1 nitrogen and oxygen atoms in total. The SMILES string of the molecule is [2H]c1c([2H])c([2H])c(-c2c([2H])c([2H])c([2H])c([2H])c2-c2c3ccccc3c(-c3ccc(-c4c([2H])c([2H])c([2H])c([2H])c4[2H])c4oc5ccccc5c34)c3ccccc23)c([2H])c1[2H]. The van der Waals surface area contributed by atoms with Crippen molar-refractivity contribution in [3.8, 4) is 44.5 Å². The Morgan fingerprint density at radius 1 is 0.378 bits per heavy atom. The number of benzene rings is 8. The van der Waals surface area contributed by atoms with Crippen LogP contribution < -0.4 is 0 Å². The maximum Gasteiger partial charge on any atom is 0.143 e. The third-order valence-electron chi connectivity index (χ3n) is 8.18. The lowest BCUT2D eigenvalue weighted by molar-refractivity contribution is 0.670. The first kappa shape index (κ1) is 15.2. The number of hydrogen-bond donors (Lipinski definition) is 0. The normalized spacial score (nSPS) is 15.9. The zero-order chi connectivity index (χ0) is 41.9. The van der Waals surface area contributed by atoms with E-state index < -0.39 is 72.5 Å². The quantitative estimate of drug-likeness (QED) is 0.187. The summed E-state index contributed by atoms with van der Waals surface area (Å²) in [6.07, 6.45) is 0. The van der Waals surface area contributed by atoms with Gasteiger partial charge in [0.1, 0.15) is 11.2 Å². The largest absolute Gasteiger partial charge is 0.455 e. The molecule has 1 aromatic heterocycles. The summed E-state index contributed by atoms with van der Waals surface area (Å²) in [6, 6.07) is 17.8. The van der Waals surface area contributed by atoms with Gasteiger partial charge in [-0.25, -0.2) is 0 Å². The van der Waals surface area contributed by atoms with E-state index in [1.165, 1.54) is 0 Å². The van der Waals surface area contributed by atoms with Gasteiger partial charge in [-0.3, -0.25) is 0 Å². The predicted octanol–water partition coefficient (Wildman–Crippen LogP) is 12.6. The van der Waals surface area contributed by atoms with Crippen molar-refractivity contribution in [1.82, 2.24) is 0 Å². The average Bonchev–Trinajstić information content (AvgIpc) is 3.64. The van der Waals surface area contributed by atoms with Gasteiger partial charge in [0.2, 0.25) is 0 Å². The first-order valence-corrected chi connectivity index (χ1v) is 14.3. The van der Waals surface area contributed by atoms with Gasteiger partial charge in [-0.05, 0) is 72.6 Å². The Morgan fingerprint density at radius 2 is 0.822 bits per heavy atom. The zero-order valence-electron chi connectivity index (χ0n) is 37.5. The molecule has 210 valence electrons. The lowest BCUT2D eigenvalue weighted by Crippen LogP contribution is -1.93. The van der Waals surface area contributed by atoms with Gasteiger partial charge in [0, 0.05) is 16.3 Å². The molecule has 0 saturated heterocycles. The van der Waals surface area contributed by atoms with E-state index in [9.17, 15) is 1.37 Å². The van der Waals surface area contributed by atoms with E-state index >= 15 is 0 Å². The Bertz CT molecular complexity index is 3220. The lowest BCUT2D eigenvalue weighted by Gasteiger charge is -2.20. The molecule has 0 aliphatic carbocycles. The molecule has 9 aromatic rings. The number of fused-ring (bicyclic) bond motifs is 5. The van der Waals surface area contributed by atoms with E-state index in [1.807, 2.05) is 48.5 Å². The molecule has 1 heteroatoms. The second kappa shape index (κ2) is 10.4. The molecule has 9 rings (SSSR count). The topological polar surface area (TPSA) is 13.1 Å². The molecule has 45 heavy (non-hydrogen) atoms. The van der Waals surface area contributed by atoms with Crippen molar-refractivity contribution in [1.29, 1.82) is 0 Å². The van der Waals surface area contributed by atoms with Crippen LogP contribution in [0.2, 0.25) is 0 Å². The van der Waals surface area contributed by atoms with Gasteiger partial charge in [0.05, 0.1) is 19.2 Å². The Balaban J connectivity index is 1.46. The number of furan rings is 1. The third kappa shape index (κ3) is 4.02. The molecule has 0 atom stereocenters. The molecule has 0 unspecified atom stereocenters. The standard InChI is InChI=1S/C44H28O/c1-3-15-29(16-4-1)31-19-7-8-20-33(31)41-34-21-9-11-23-36(34)42(37-24-12-10-22-35(37)41)39-28-27-32(30-17-5-2-6-18-30)44-43(39)38-25-13-14-26-40(38)45-44/h1-28H/i1D,2D,3D,4D,5D,6D,7D,8D,15D,16D,17D,18D,19D,20D. The predicted molar refractivity (Wildman–Crippen MR) is 190 cm³/mol. The molecule has 0 aliphatic rings. The summed E-state index contributed by atoms with van der Waals surface area (Å²) < 4.78 is 128. The monoisotopic (exact) mass is 586 g/mol. The van der Waals surface area contributed by atoms with Gasteiger partial charge >= 0.3 is 0 Å². The fourth-order valence-corrected chi connectivity index (χ4v) is 6.37. The van der Waals surface area contributed by atoms with Crippen LogP contribution in [0.15, 0.2) is 174 Å². The van der Waals surface area contributed by atoms with Crippen LogP contribution in [-0.2, 0) is 0 Å². The van der Waals surface area contributed by atoms with Gasteiger partial charge in [-0.15, -0.1) is 0 Å². The summed E-state index contributed by atoms with van der Waals surface area (Å²) in [5.41, 5.74) is 2.17. The Morgan fingerprint density at radius 3 is 1.42 bits per heavy atom. The minimum absolute atomic E-state index is 0.0185. The maximum absolute atomic E-state index is 9.35. The molecule has 0 aliphatic heterocycles. The van der Waals surface area contributed by atoms with Crippen molar-refractivity contribution >= 4 is 43.5 Å². The number of para-hydroxylation sites is 1. The van der Waals surface area contributed by atoms with E-state index in [1.54, 1.807) is 36.4 Å². The van der Waals surface area contributed by atoms with E-state index in [0.29, 0.717) is 65.7 Å². The van der Waals surface area contributed by atoms with E-state index in [0.717, 1.165) is 0 Å². The second-order valence-electron chi connectivity index (χ2n) is 10.6. The van der Waals surface area contributed by atoms with Gasteiger partial charge in [-0.2, -0.15) is 0 Å². The van der Waals surface area contributed by atoms with E-state index in [-0.39, 0.29) is 34.3 Å². The molecular weight excluding hydrogens is 544 g/mol. The molecule has 8 aromatic carbocycles. The summed E-state index contributed by atoms with van der Waals surface area (Å²) in [7, 11) is 0. The molecule has 0 spiro atoms. The second-order valence-corrected chi connectivity index (χ2v) is 10.6. The molecule has 1 heterocycles. The van der Waals surface area contributed by atoms with E-state index in [2.05, 4.69) is 0 Å². The van der Waals surface area contributed by atoms with Crippen LogP contribution in [0.1, 0.15) is 19.2 Å². The minimum Gasteiger partial charge on any atom is -0.455 e. The van der Waals surface area contributed by atoms with Crippen molar-refractivity contribution in [3.05, 3.63) is 170 Å². The first-order chi connectivity index (χ1) is 28.2. The van der Waals surface area contributed by atoms with Gasteiger partial charge < -0.3 is 4.42 Å². The van der Waals surface area contributed by atoms with Crippen LogP contribution in [-0.4, -0.2) is 0 Å². The summed E-state index contributed by atoms with van der Waals surface area (Å²) in [4.78, 5) is 0. The van der Waals surface area contributed by atoms with Crippen LogP contribution in [0.5, 0.6) is 0 Å². The van der Waals surface area contributed by atoms with Crippen molar-refractivity contribution in [2.45, 2.75) is 0 Å². The first-order valence-electron chi connectivity index (χ1n) is 21.3. The Hall–Kier alpha value is -5.92. The van der Waals surface area contributed by atoms with Crippen LogP contribution in [0, 0.1) is 0 Å². The van der Waals surface area contributed by atoms with Crippen molar-refractivity contribution < 1.29 is 23.6 Å². The highest BCUT2D eigenvalue weighted by Crippen LogP contribution is 2.49.